The molecule has 1 saturated heterocycles. The Morgan fingerprint density at radius 3 is 2.42 bits per heavy atom. The van der Waals surface area contributed by atoms with Gasteiger partial charge in [-0.25, -0.2) is 14.4 Å². The molecule has 3 unspecified atom stereocenters. The highest BCUT2D eigenvalue weighted by Gasteiger charge is 2.66. The summed E-state index contributed by atoms with van der Waals surface area (Å²) in [6.07, 6.45) is -0.987. The normalized spacial score (nSPS) is 23.2. The van der Waals surface area contributed by atoms with Crippen LogP contribution in [0, 0.1) is 0 Å². The van der Waals surface area contributed by atoms with Crippen LogP contribution in [0.3, 0.4) is 0 Å². The molecule has 3 amide bonds. The van der Waals surface area contributed by atoms with Crippen molar-refractivity contribution in [3.63, 3.8) is 0 Å². The number of carbonyl (C=O) groups is 5. The molecular formula is C20H29N3O9S. The number of amides is 3. The zero-order chi connectivity index (χ0) is 25.1. The predicted octanol–water partition coefficient (Wildman–Crippen LogP) is 0.867. The van der Waals surface area contributed by atoms with Gasteiger partial charge in [0, 0.05) is 19.3 Å². The summed E-state index contributed by atoms with van der Waals surface area (Å²) in [6, 6.07) is -1.26. The second-order valence-electron chi connectivity index (χ2n) is 8.69. The highest BCUT2D eigenvalue weighted by Crippen LogP contribution is 2.46. The van der Waals surface area contributed by atoms with Crippen LogP contribution in [0.15, 0.2) is 11.3 Å². The molecule has 12 nitrogen and oxygen atoms in total. The number of hydrogen-bond acceptors (Lipinski definition) is 8. The average Bonchev–Trinajstić information content (AvgIpc) is 2.68. The first kappa shape index (κ1) is 26.5. The summed E-state index contributed by atoms with van der Waals surface area (Å²) in [7, 11) is 1.24. The van der Waals surface area contributed by atoms with Crippen LogP contribution >= 0.6 is 11.8 Å². The molecule has 2 rings (SSSR count). The fraction of sp³-hybridized carbons (Fsp3) is 0.650. The molecule has 2 heterocycles. The van der Waals surface area contributed by atoms with Gasteiger partial charge < -0.3 is 30.3 Å². The Morgan fingerprint density at radius 1 is 1.27 bits per heavy atom. The summed E-state index contributed by atoms with van der Waals surface area (Å²) >= 11 is 1.27. The lowest BCUT2D eigenvalue weighted by atomic mass is 9.98. The second-order valence-corrected chi connectivity index (χ2v) is 9.76. The topological polar surface area (TPSA) is 172 Å². The van der Waals surface area contributed by atoms with Gasteiger partial charge in [-0.05, 0) is 46.1 Å². The summed E-state index contributed by atoms with van der Waals surface area (Å²) < 4.78 is 10.4. The number of alkyl carbamates (subject to hydrolysis) is 1. The fourth-order valence-electron chi connectivity index (χ4n) is 3.48. The molecule has 4 N–H and O–H groups in total. The number of carbonyl (C=O) groups excluding carboxylic acids is 3. The lowest BCUT2D eigenvalue weighted by Crippen LogP contribution is -2.80. The van der Waals surface area contributed by atoms with E-state index in [1.165, 1.54) is 18.9 Å². The molecule has 33 heavy (non-hydrogen) atoms. The fourth-order valence-corrected chi connectivity index (χ4v) is 4.86. The van der Waals surface area contributed by atoms with Gasteiger partial charge in [0.2, 0.25) is 5.91 Å². The molecule has 0 aromatic rings. The van der Waals surface area contributed by atoms with Crippen molar-refractivity contribution in [2.75, 3.05) is 12.9 Å². The van der Waals surface area contributed by atoms with E-state index < -0.39 is 52.6 Å². The van der Waals surface area contributed by atoms with Crippen molar-refractivity contribution in [3.8, 4) is 0 Å². The number of hydrogen-bond donors (Lipinski definition) is 4. The standard InChI is InChI=1S/C20H29N3O9S/c1-10-9-33-17-20(31-5,16(29)23(17)13(10)15(27)28)22-12(24)8-6-7-11(14(25)26)21-18(30)32-19(2,3)4/h11,17H,6-9H2,1-5H3,(H,21,30)(H,22,24)(H,25,26)(H,27,28). The molecule has 184 valence electrons. The molecule has 0 aromatic carbocycles. The summed E-state index contributed by atoms with van der Waals surface area (Å²) in [5.74, 6) is -3.42. The number of fused-ring (bicyclic) bond motifs is 1. The number of β-lactam (4-membered cyclic amide) rings is 1. The Hall–Kier alpha value is -2.80. The number of aliphatic carboxylic acids is 2. The molecule has 2 aliphatic rings. The molecule has 0 aliphatic carbocycles. The second kappa shape index (κ2) is 10.00. The highest BCUT2D eigenvalue weighted by molar-refractivity contribution is 8.00. The van der Waals surface area contributed by atoms with Crippen LogP contribution in [0.4, 0.5) is 4.79 Å². The van der Waals surface area contributed by atoms with Gasteiger partial charge >= 0.3 is 18.0 Å². The summed E-state index contributed by atoms with van der Waals surface area (Å²) in [5.41, 5.74) is -2.09. The van der Waals surface area contributed by atoms with Crippen molar-refractivity contribution >= 4 is 41.6 Å². The van der Waals surface area contributed by atoms with Crippen LogP contribution in [-0.4, -0.2) is 80.6 Å². The van der Waals surface area contributed by atoms with Crippen LogP contribution in [-0.2, 0) is 28.7 Å². The highest BCUT2D eigenvalue weighted by atomic mass is 32.2. The van der Waals surface area contributed by atoms with Crippen LogP contribution in [0.25, 0.3) is 0 Å². The number of thioether (sulfide) groups is 1. The van der Waals surface area contributed by atoms with E-state index >= 15 is 0 Å². The number of nitrogens with zero attached hydrogens (tertiary/aromatic N) is 1. The SMILES string of the molecule is COC1(NC(=O)CCCC(NC(=O)OC(C)(C)C)C(=O)O)C(=O)N2C(C(=O)O)=C(C)CSC21. The van der Waals surface area contributed by atoms with E-state index in [-0.39, 0.29) is 25.0 Å². The van der Waals surface area contributed by atoms with Gasteiger partial charge in [0.1, 0.15) is 22.7 Å². The first-order valence-corrected chi connectivity index (χ1v) is 11.2. The van der Waals surface area contributed by atoms with Gasteiger partial charge in [0.15, 0.2) is 0 Å². The van der Waals surface area contributed by atoms with Crippen LogP contribution in [0.5, 0.6) is 0 Å². The molecule has 1 fully saturated rings. The summed E-state index contributed by atoms with van der Waals surface area (Å²) in [6.45, 7) is 6.54. The molecule has 0 radical (unpaired) electrons. The van der Waals surface area contributed by atoms with E-state index in [2.05, 4.69) is 10.6 Å². The van der Waals surface area contributed by atoms with E-state index in [1.54, 1.807) is 27.7 Å². The molecule has 2 aliphatic heterocycles. The molecule has 3 atom stereocenters. The van der Waals surface area contributed by atoms with E-state index in [4.69, 9.17) is 9.47 Å². The first-order valence-electron chi connectivity index (χ1n) is 10.2. The number of nitrogens with one attached hydrogen (secondary N) is 2. The number of methoxy groups -OCH3 is 1. The zero-order valence-electron chi connectivity index (χ0n) is 19.1. The van der Waals surface area contributed by atoms with Gasteiger partial charge in [0.25, 0.3) is 11.6 Å². The Labute approximate surface area is 195 Å². The maximum absolute atomic E-state index is 12.8. The van der Waals surface area contributed by atoms with E-state index in [0.29, 0.717) is 11.3 Å². The van der Waals surface area contributed by atoms with Gasteiger partial charge in [-0.1, -0.05) is 0 Å². The van der Waals surface area contributed by atoms with Crippen molar-refractivity contribution in [1.82, 2.24) is 15.5 Å². The van der Waals surface area contributed by atoms with Crippen LogP contribution in [0.2, 0.25) is 0 Å². The third kappa shape index (κ3) is 5.77. The number of carboxylic acid groups (broad SMARTS) is 2. The maximum Gasteiger partial charge on any atom is 0.408 e. The van der Waals surface area contributed by atoms with Gasteiger partial charge in [-0.2, -0.15) is 0 Å². The monoisotopic (exact) mass is 487 g/mol. The Balaban J connectivity index is 1.96. The van der Waals surface area contributed by atoms with Crippen molar-refractivity contribution in [2.24, 2.45) is 0 Å². The van der Waals surface area contributed by atoms with E-state index in [1.807, 2.05) is 0 Å². The molecule has 0 spiro atoms. The Bertz CT molecular complexity index is 882. The minimum absolute atomic E-state index is 0.0503. The Morgan fingerprint density at radius 2 is 1.91 bits per heavy atom. The van der Waals surface area contributed by atoms with Crippen molar-refractivity contribution < 1.29 is 43.7 Å². The lowest BCUT2D eigenvalue weighted by Gasteiger charge is -2.55. The van der Waals surface area contributed by atoms with Crippen LogP contribution in [0.1, 0.15) is 47.0 Å². The molecule has 0 bridgehead atoms. The number of rotatable bonds is 9. The summed E-state index contributed by atoms with van der Waals surface area (Å²) in [5, 5.41) is 22.8. The predicted molar refractivity (Wildman–Crippen MR) is 116 cm³/mol. The minimum atomic E-state index is -1.70. The van der Waals surface area contributed by atoms with E-state index in [0.717, 1.165) is 4.90 Å². The third-order valence-electron chi connectivity index (χ3n) is 4.96. The lowest BCUT2D eigenvalue weighted by molar-refractivity contribution is -0.192. The summed E-state index contributed by atoms with van der Waals surface area (Å²) in [4.78, 5) is 61.2. The minimum Gasteiger partial charge on any atom is -0.480 e. The largest absolute Gasteiger partial charge is 0.480 e. The molecule has 13 heteroatoms. The zero-order valence-corrected chi connectivity index (χ0v) is 19.9. The van der Waals surface area contributed by atoms with E-state index in [9.17, 15) is 34.2 Å². The van der Waals surface area contributed by atoms with Crippen LogP contribution < -0.4 is 10.6 Å². The Kier molecular flexibility index (Phi) is 8.01. The van der Waals surface area contributed by atoms with Gasteiger partial charge in [-0.15, -0.1) is 11.8 Å². The molecule has 0 saturated carbocycles. The number of ether oxygens (including phenoxy) is 2. The van der Waals surface area contributed by atoms with Crippen molar-refractivity contribution in [1.29, 1.82) is 0 Å². The first-order chi connectivity index (χ1) is 15.2. The van der Waals surface area contributed by atoms with Gasteiger partial charge in [-0.3, -0.25) is 14.5 Å². The van der Waals surface area contributed by atoms with Gasteiger partial charge in [0.05, 0.1) is 0 Å². The molecular weight excluding hydrogens is 458 g/mol. The number of carboxylic acids is 2. The van der Waals surface area contributed by atoms with Crippen molar-refractivity contribution in [2.45, 2.75) is 69.7 Å². The average molecular weight is 488 g/mol. The third-order valence-corrected chi connectivity index (χ3v) is 6.42. The maximum atomic E-state index is 12.8. The van der Waals surface area contributed by atoms with Crippen molar-refractivity contribution in [3.05, 3.63) is 11.3 Å². The quantitative estimate of drug-likeness (QED) is 0.270. The smallest absolute Gasteiger partial charge is 0.408 e. The molecule has 0 aromatic heterocycles.